The lowest BCUT2D eigenvalue weighted by Gasteiger charge is -2.08. The van der Waals surface area contributed by atoms with Crippen molar-refractivity contribution in [1.29, 1.82) is 0 Å². The maximum Gasteiger partial charge on any atom is 0.132 e. The first-order valence-corrected chi connectivity index (χ1v) is 5.82. The summed E-state index contributed by atoms with van der Waals surface area (Å²) >= 11 is 0. The number of aryl methyl sites for hydroxylation is 2. The number of Topliss-reactive ketones (excluding diaryl/α,β-unsaturated/α-hetero) is 1. The minimum Gasteiger partial charge on any atom is -0.496 e. The molecule has 0 heterocycles. The van der Waals surface area contributed by atoms with Crippen LogP contribution in [0.4, 0.5) is 0 Å². The summed E-state index contributed by atoms with van der Waals surface area (Å²) in [6.07, 6.45) is 3.14. The minimum absolute atomic E-state index is 0.339. The molecule has 0 amide bonds. The number of hydrogen-bond donors (Lipinski definition) is 0. The van der Waals surface area contributed by atoms with Crippen LogP contribution in [0.3, 0.4) is 0 Å². The van der Waals surface area contributed by atoms with Gasteiger partial charge in [-0.05, 0) is 31.4 Å². The van der Waals surface area contributed by atoms with Gasteiger partial charge in [0.25, 0.3) is 0 Å². The van der Waals surface area contributed by atoms with Crippen molar-refractivity contribution in [2.75, 3.05) is 7.11 Å². The number of benzene rings is 1. The number of carbonyl (C=O) groups excluding carboxylic acids is 1. The average Bonchev–Trinajstić information content (AvgIpc) is 2.29. The van der Waals surface area contributed by atoms with E-state index < -0.39 is 0 Å². The molecule has 0 radical (unpaired) electrons. The van der Waals surface area contributed by atoms with Crippen LogP contribution in [0.15, 0.2) is 18.2 Å². The van der Waals surface area contributed by atoms with Crippen molar-refractivity contribution in [2.45, 2.75) is 39.5 Å². The molecule has 16 heavy (non-hydrogen) atoms. The van der Waals surface area contributed by atoms with Gasteiger partial charge in [0.1, 0.15) is 11.5 Å². The van der Waals surface area contributed by atoms with Crippen molar-refractivity contribution in [2.24, 2.45) is 0 Å². The first-order chi connectivity index (χ1) is 7.67. The number of ether oxygens (including phenoxy) is 1. The molecule has 0 fully saturated rings. The molecule has 0 N–H and O–H groups in total. The van der Waals surface area contributed by atoms with E-state index in [2.05, 4.69) is 13.0 Å². The monoisotopic (exact) mass is 220 g/mol. The summed E-state index contributed by atoms with van der Waals surface area (Å²) in [6, 6.07) is 6.17. The van der Waals surface area contributed by atoms with E-state index in [1.807, 2.05) is 19.1 Å². The molecule has 0 atom stereocenters. The normalized spacial score (nSPS) is 10.2. The molecule has 1 rings (SSSR count). The number of methoxy groups -OCH3 is 1. The second-order valence-electron chi connectivity index (χ2n) is 4.06. The molecule has 2 nitrogen and oxygen atoms in total. The van der Waals surface area contributed by atoms with E-state index in [0.717, 1.165) is 18.6 Å². The van der Waals surface area contributed by atoms with Gasteiger partial charge in [-0.25, -0.2) is 0 Å². The van der Waals surface area contributed by atoms with E-state index in [1.165, 1.54) is 11.1 Å². The maximum absolute atomic E-state index is 11.2. The molecule has 1 aromatic carbocycles. The highest BCUT2D eigenvalue weighted by molar-refractivity contribution is 5.77. The summed E-state index contributed by atoms with van der Waals surface area (Å²) in [5.41, 5.74) is 2.43. The first kappa shape index (κ1) is 12.8. The molecule has 2 heteroatoms. The summed E-state index contributed by atoms with van der Waals surface area (Å²) in [5.74, 6) is 1.26. The molecule has 0 aromatic heterocycles. The quantitative estimate of drug-likeness (QED) is 0.735. The maximum atomic E-state index is 11.2. The molecule has 88 valence electrons. The second-order valence-corrected chi connectivity index (χ2v) is 4.06. The zero-order valence-electron chi connectivity index (χ0n) is 10.4. The Hall–Kier alpha value is -1.31. The van der Waals surface area contributed by atoms with Crippen molar-refractivity contribution in [1.82, 2.24) is 0 Å². The largest absolute Gasteiger partial charge is 0.496 e. The molecule has 0 saturated carbocycles. The van der Waals surface area contributed by atoms with E-state index in [-0.39, 0.29) is 0 Å². The van der Waals surface area contributed by atoms with Gasteiger partial charge in [0.05, 0.1) is 7.11 Å². The molecule has 0 bridgehead atoms. The summed E-state index contributed by atoms with van der Waals surface area (Å²) < 4.78 is 5.30. The van der Waals surface area contributed by atoms with Crippen LogP contribution in [0.1, 0.15) is 37.3 Å². The predicted molar refractivity (Wildman–Crippen MR) is 66.0 cm³/mol. The van der Waals surface area contributed by atoms with E-state index in [9.17, 15) is 4.79 Å². The Bertz CT molecular complexity index is 356. The smallest absolute Gasteiger partial charge is 0.132 e. The van der Waals surface area contributed by atoms with Crippen LogP contribution in [-0.4, -0.2) is 12.9 Å². The van der Waals surface area contributed by atoms with E-state index in [1.54, 1.807) is 7.11 Å². The molecule has 0 aliphatic heterocycles. The van der Waals surface area contributed by atoms with Gasteiger partial charge in [-0.1, -0.05) is 24.6 Å². The van der Waals surface area contributed by atoms with Crippen LogP contribution in [-0.2, 0) is 11.2 Å². The Morgan fingerprint density at radius 3 is 2.75 bits per heavy atom. The van der Waals surface area contributed by atoms with Crippen LogP contribution < -0.4 is 4.74 Å². The second kappa shape index (κ2) is 6.31. The van der Waals surface area contributed by atoms with Gasteiger partial charge in [0.2, 0.25) is 0 Å². The van der Waals surface area contributed by atoms with Gasteiger partial charge < -0.3 is 4.74 Å². The molecule has 1 aromatic rings. The third kappa shape index (κ3) is 3.69. The van der Waals surface area contributed by atoms with Crippen LogP contribution in [0, 0.1) is 6.92 Å². The van der Waals surface area contributed by atoms with E-state index in [0.29, 0.717) is 18.6 Å². The SMILES string of the molecule is CCC(=O)CCCc1cc(C)ccc1OC. The van der Waals surface area contributed by atoms with Gasteiger partial charge in [-0.3, -0.25) is 4.79 Å². The molecule has 0 aliphatic carbocycles. The van der Waals surface area contributed by atoms with Crippen molar-refractivity contribution in [3.05, 3.63) is 29.3 Å². The number of hydrogen-bond acceptors (Lipinski definition) is 2. The predicted octanol–water partition coefficient (Wildman–Crippen LogP) is 3.31. The lowest BCUT2D eigenvalue weighted by molar-refractivity contribution is -0.118. The van der Waals surface area contributed by atoms with E-state index in [4.69, 9.17) is 4.74 Å². The van der Waals surface area contributed by atoms with Crippen molar-refractivity contribution in [3.63, 3.8) is 0 Å². The number of rotatable bonds is 6. The third-order valence-electron chi connectivity index (χ3n) is 2.73. The Morgan fingerprint density at radius 2 is 2.12 bits per heavy atom. The lowest BCUT2D eigenvalue weighted by Crippen LogP contribution is -1.98. The van der Waals surface area contributed by atoms with Gasteiger partial charge in [0.15, 0.2) is 0 Å². The third-order valence-corrected chi connectivity index (χ3v) is 2.73. The molecule has 0 spiro atoms. The highest BCUT2D eigenvalue weighted by atomic mass is 16.5. The van der Waals surface area contributed by atoms with Gasteiger partial charge in [0, 0.05) is 12.8 Å². The van der Waals surface area contributed by atoms with Gasteiger partial charge in [-0.15, -0.1) is 0 Å². The minimum atomic E-state index is 0.339. The topological polar surface area (TPSA) is 26.3 Å². The Kier molecular flexibility index (Phi) is 5.03. The van der Waals surface area contributed by atoms with Crippen LogP contribution in [0.25, 0.3) is 0 Å². The Balaban J connectivity index is 2.58. The van der Waals surface area contributed by atoms with Gasteiger partial charge >= 0.3 is 0 Å². The van der Waals surface area contributed by atoms with Crippen LogP contribution in [0.2, 0.25) is 0 Å². The summed E-state index contributed by atoms with van der Waals surface area (Å²) in [7, 11) is 1.69. The van der Waals surface area contributed by atoms with Crippen LogP contribution in [0.5, 0.6) is 5.75 Å². The standard InChI is InChI=1S/C14H20O2/c1-4-13(15)7-5-6-12-10-11(2)8-9-14(12)16-3/h8-10H,4-7H2,1-3H3. The van der Waals surface area contributed by atoms with Gasteiger partial charge in [-0.2, -0.15) is 0 Å². The fourth-order valence-electron chi connectivity index (χ4n) is 1.76. The Morgan fingerprint density at radius 1 is 1.38 bits per heavy atom. The fraction of sp³-hybridized carbons (Fsp3) is 0.500. The highest BCUT2D eigenvalue weighted by Gasteiger charge is 2.04. The zero-order chi connectivity index (χ0) is 12.0. The molecule has 0 unspecified atom stereocenters. The molecular weight excluding hydrogens is 200 g/mol. The van der Waals surface area contributed by atoms with Crippen LogP contribution >= 0.6 is 0 Å². The molecular formula is C14H20O2. The highest BCUT2D eigenvalue weighted by Crippen LogP contribution is 2.21. The lowest BCUT2D eigenvalue weighted by atomic mass is 10.0. The summed E-state index contributed by atoms with van der Waals surface area (Å²) in [4.78, 5) is 11.2. The zero-order valence-corrected chi connectivity index (χ0v) is 10.4. The number of carbonyl (C=O) groups is 1. The van der Waals surface area contributed by atoms with Crippen molar-refractivity contribution >= 4 is 5.78 Å². The summed E-state index contributed by atoms with van der Waals surface area (Å²) in [5, 5.41) is 0. The first-order valence-electron chi connectivity index (χ1n) is 5.82. The average molecular weight is 220 g/mol. The molecule has 0 saturated heterocycles. The fourth-order valence-corrected chi connectivity index (χ4v) is 1.76. The van der Waals surface area contributed by atoms with Crippen molar-refractivity contribution < 1.29 is 9.53 Å². The number of ketones is 1. The molecule has 0 aliphatic rings. The van der Waals surface area contributed by atoms with E-state index >= 15 is 0 Å². The Labute approximate surface area is 97.6 Å². The van der Waals surface area contributed by atoms with Crippen molar-refractivity contribution in [3.8, 4) is 5.75 Å². The summed E-state index contributed by atoms with van der Waals surface area (Å²) in [6.45, 7) is 3.98.